The van der Waals surface area contributed by atoms with Crippen LogP contribution in [0.3, 0.4) is 0 Å². The molecule has 1 aliphatic rings. The first-order valence-corrected chi connectivity index (χ1v) is 11.2. The number of amides is 2. The Labute approximate surface area is 182 Å². The summed E-state index contributed by atoms with van der Waals surface area (Å²) in [6, 6.07) is 7.50. The predicted molar refractivity (Wildman–Crippen MR) is 110 cm³/mol. The van der Waals surface area contributed by atoms with Gasteiger partial charge in [0.05, 0.1) is 26.3 Å². The Morgan fingerprint density at radius 2 is 1.61 bits per heavy atom. The standard InChI is InChI=1S/C17H20N6O6S2/c1-28-10-8-22-15(24)13(16(25)23(9-11-29-2)31(22,26)27)19-20-17-18-14(21-30-17)12-6-4-3-5-7-12/h3-7,13H,8-11H2,1-2H3. The highest BCUT2D eigenvalue weighted by atomic mass is 32.2. The molecular formula is C17H20N6O6S2. The molecule has 3 rings (SSSR count). The van der Waals surface area contributed by atoms with E-state index in [4.69, 9.17) is 9.47 Å². The number of carbonyl (C=O) groups is 2. The number of methoxy groups -OCH3 is 2. The molecule has 2 aromatic rings. The number of benzene rings is 1. The summed E-state index contributed by atoms with van der Waals surface area (Å²) in [5.41, 5.74) is 0.771. The van der Waals surface area contributed by atoms with E-state index < -0.39 is 28.1 Å². The van der Waals surface area contributed by atoms with Crippen molar-refractivity contribution in [1.82, 2.24) is 18.0 Å². The molecule has 1 aromatic carbocycles. The topological polar surface area (TPSA) is 144 Å². The van der Waals surface area contributed by atoms with Crippen molar-refractivity contribution in [1.29, 1.82) is 0 Å². The molecule has 2 heterocycles. The van der Waals surface area contributed by atoms with E-state index in [1.54, 1.807) is 0 Å². The van der Waals surface area contributed by atoms with Crippen molar-refractivity contribution in [3.05, 3.63) is 30.3 Å². The van der Waals surface area contributed by atoms with Crippen molar-refractivity contribution in [2.75, 3.05) is 40.5 Å². The van der Waals surface area contributed by atoms with Crippen molar-refractivity contribution < 1.29 is 27.5 Å². The summed E-state index contributed by atoms with van der Waals surface area (Å²) in [5.74, 6) is -1.59. The first kappa shape index (κ1) is 22.9. The average Bonchev–Trinajstić information content (AvgIpc) is 3.23. The van der Waals surface area contributed by atoms with Crippen molar-refractivity contribution in [3.8, 4) is 11.4 Å². The number of carbonyl (C=O) groups excluding carboxylic acids is 2. The molecule has 2 amide bonds. The zero-order valence-electron chi connectivity index (χ0n) is 16.7. The van der Waals surface area contributed by atoms with Crippen LogP contribution in [-0.2, 0) is 29.3 Å². The number of hydrogen-bond donors (Lipinski definition) is 0. The van der Waals surface area contributed by atoms with Crippen LogP contribution in [0.25, 0.3) is 11.4 Å². The molecule has 0 atom stereocenters. The van der Waals surface area contributed by atoms with Gasteiger partial charge in [-0.1, -0.05) is 30.3 Å². The van der Waals surface area contributed by atoms with Crippen molar-refractivity contribution in [3.63, 3.8) is 0 Å². The lowest BCUT2D eigenvalue weighted by Crippen LogP contribution is -2.62. The normalized spacial score (nSPS) is 17.1. The Morgan fingerprint density at radius 3 is 2.16 bits per heavy atom. The van der Waals surface area contributed by atoms with Crippen LogP contribution in [0.5, 0.6) is 0 Å². The Morgan fingerprint density at radius 1 is 1.03 bits per heavy atom. The van der Waals surface area contributed by atoms with Crippen molar-refractivity contribution in [2.45, 2.75) is 6.04 Å². The highest BCUT2D eigenvalue weighted by molar-refractivity contribution is 7.88. The van der Waals surface area contributed by atoms with Gasteiger partial charge < -0.3 is 9.47 Å². The first-order valence-electron chi connectivity index (χ1n) is 9.06. The lowest BCUT2D eigenvalue weighted by molar-refractivity contribution is -0.141. The number of azo groups is 1. The molecule has 1 fully saturated rings. The van der Waals surface area contributed by atoms with Gasteiger partial charge in [-0.3, -0.25) is 9.59 Å². The summed E-state index contributed by atoms with van der Waals surface area (Å²) in [6.07, 6.45) is 0. The van der Waals surface area contributed by atoms with E-state index in [1.165, 1.54) is 14.2 Å². The van der Waals surface area contributed by atoms with Gasteiger partial charge >= 0.3 is 10.2 Å². The van der Waals surface area contributed by atoms with Gasteiger partial charge in [0.25, 0.3) is 11.8 Å². The van der Waals surface area contributed by atoms with Crippen LogP contribution < -0.4 is 0 Å². The summed E-state index contributed by atoms with van der Waals surface area (Å²) in [6.45, 7) is -0.620. The largest absolute Gasteiger partial charge is 0.383 e. The Balaban J connectivity index is 1.87. The zero-order valence-corrected chi connectivity index (χ0v) is 18.4. The summed E-state index contributed by atoms with van der Waals surface area (Å²) >= 11 is 0.935. The van der Waals surface area contributed by atoms with Crippen LogP contribution in [0.15, 0.2) is 40.6 Å². The summed E-state index contributed by atoms with van der Waals surface area (Å²) < 4.78 is 40.5. The molecule has 0 bridgehead atoms. The third kappa shape index (κ3) is 4.92. The number of nitrogens with zero attached hydrogens (tertiary/aromatic N) is 6. The summed E-state index contributed by atoms with van der Waals surface area (Å²) in [4.78, 5) is 29.7. The third-order valence-electron chi connectivity index (χ3n) is 4.22. The van der Waals surface area contributed by atoms with Gasteiger partial charge in [0.2, 0.25) is 11.2 Å². The van der Waals surface area contributed by atoms with Gasteiger partial charge in [-0.2, -0.15) is 22.9 Å². The van der Waals surface area contributed by atoms with Gasteiger partial charge in [-0.15, -0.1) is 5.11 Å². The molecule has 12 nitrogen and oxygen atoms in total. The lowest BCUT2D eigenvalue weighted by atomic mass is 10.2. The maximum absolute atomic E-state index is 12.8. The first-order chi connectivity index (χ1) is 14.9. The molecule has 31 heavy (non-hydrogen) atoms. The fourth-order valence-electron chi connectivity index (χ4n) is 2.69. The third-order valence-corrected chi connectivity index (χ3v) is 6.66. The van der Waals surface area contributed by atoms with Crippen LogP contribution in [0.2, 0.25) is 0 Å². The fraction of sp³-hybridized carbons (Fsp3) is 0.412. The quantitative estimate of drug-likeness (QED) is 0.389. The van der Waals surface area contributed by atoms with E-state index in [-0.39, 0.29) is 31.4 Å². The van der Waals surface area contributed by atoms with E-state index in [2.05, 4.69) is 19.6 Å². The molecule has 0 radical (unpaired) electrons. The molecule has 0 saturated carbocycles. The monoisotopic (exact) mass is 468 g/mol. The van der Waals surface area contributed by atoms with Gasteiger partial charge in [0, 0.05) is 31.3 Å². The number of aromatic nitrogens is 2. The highest BCUT2D eigenvalue weighted by Gasteiger charge is 2.50. The maximum atomic E-state index is 12.8. The van der Waals surface area contributed by atoms with Crippen LogP contribution >= 0.6 is 11.5 Å². The summed E-state index contributed by atoms with van der Waals surface area (Å²) in [7, 11) is -1.64. The molecule has 0 spiro atoms. The van der Waals surface area contributed by atoms with E-state index in [0.29, 0.717) is 14.4 Å². The van der Waals surface area contributed by atoms with Crippen molar-refractivity contribution in [2.24, 2.45) is 10.2 Å². The molecular weight excluding hydrogens is 448 g/mol. The average molecular weight is 469 g/mol. The minimum atomic E-state index is -4.37. The predicted octanol–water partition coefficient (Wildman–Crippen LogP) is 0.866. The maximum Gasteiger partial charge on any atom is 0.331 e. The molecule has 166 valence electrons. The number of hydrogen-bond acceptors (Lipinski definition) is 11. The van der Waals surface area contributed by atoms with Crippen LogP contribution in [-0.4, -0.2) is 84.8 Å². The zero-order chi connectivity index (χ0) is 22.4. The van der Waals surface area contributed by atoms with E-state index in [1.807, 2.05) is 30.3 Å². The molecule has 1 aromatic heterocycles. The second-order valence-electron chi connectivity index (χ2n) is 6.20. The number of ether oxygens (including phenoxy) is 2. The van der Waals surface area contributed by atoms with Gasteiger partial charge in [0.1, 0.15) is 0 Å². The lowest BCUT2D eigenvalue weighted by Gasteiger charge is -2.36. The minimum absolute atomic E-state index is 0.0437. The van der Waals surface area contributed by atoms with Crippen molar-refractivity contribution >= 4 is 38.7 Å². The Hall–Kier alpha value is -2.81. The summed E-state index contributed by atoms with van der Waals surface area (Å²) in [5, 5.41) is 7.81. The van der Waals surface area contributed by atoms with Crippen LogP contribution in [0.1, 0.15) is 0 Å². The molecule has 0 unspecified atom stereocenters. The minimum Gasteiger partial charge on any atom is -0.383 e. The molecule has 1 saturated heterocycles. The van der Waals surface area contributed by atoms with Crippen LogP contribution in [0.4, 0.5) is 5.13 Å². The fourth-order valence-corrected chi connectivity index (χ4v) is 4.72. The van der Waals surface area contributed by atoms with Gasteiger partial charge in [-0.25, -0.2) is 8.61 Å². The Kier molecular flexibility index (Phi) is 7.37. The van der Waals surface area contributed by atoms with E-state index in [0.717, 1.165) is 17.1 Å². The second-order valence-corrected chi connectivity index (χ2v) is 8.71. The SMILES string of the molecule is COCCN1C(=O)C(N=Nc2nc(-c3ccccc3)ns2)C(=O)N(CCOC)S1(=O)=O. The van der Waals surface area contributed by atoms with Gasteiger partial charge in [-0.05, 0) is 0 Å². The molecule has 0 aliphatic carbocycles. The molecule has 0 N–H and O–H groups in total. The number of rotatable bonds is 9. The smallest absolute Gasteiger partial charge is 0.331 e. The van der Waals surface area contributed by atoms with E-state index in [9.17, 15) is 18.0 Å². The van der Waals surface area contributed by atoms with E-state index >= 15 is 0 Å². The highest BCUT2D eigenvalue weighted by Crippen LogP contribution is 2.25. The molecule has 1 aliphatic heterocycles. The Bertz CT molecular complexity index is 1020. The second kappa shape index (κ2) is 10.00. The van der Waals surface area contributed by atoms with Gasteiger partial charge in [0.15, 0.2) is 5.82 Å². The van der Waals surface area contributed by atoms with Crippen LogP contribution in [0, 0.1) is 0 Å². The molecule has 14 heteroatoms.